The summed E-state index contributed by atoms with van der Waals surface area (Å²) in [7, 11) is 3.60. The fourth-order valence-corrected chi connectivity index (χ4v) is 2.16. The van der Waals surface area contributed by atoms with Crippen LogP contribution in [0.4, 0.5) is 0 Å². The number of aromatic nitrogens is 2. The summed E-state index contributed by atoms with van der Waals surface area (Å²) in [6.45, 7) is 1.38. The molecule has 0 aromatic carbocycles. The van der Waals surface area contributed by atoms with E-state index in [1.807, 2.05) is 13.2 Å². The van der Waals surface area contributed by atoms with Gasteiger partial charge in [0, 0.05) is 32.0 Å². The summed E-state index contributed by atoms with van der Waals surface area (Å²) in [5.41, 5.74) is 0.866. The normalized spacial score (nSPS) is 20.9. The lowest BCUT2D eigenvalue weighted by atomic mass is 10.1. The summed E-state index contributed by atoms with van der Waals surface area (Å²) in [5.74, 6) is -0.0407. The number of nitrogens with one attached hydrogen (secondary N) is 2. The van der Waals surface area contributed by atoms with Gasteiger partial charge in [-0.3, -0.25) is 9.48 Å². The molecule has 6 nitrogen and oxygen atoms in total. The van der Waals surface area contributed by atoms with E-state index >= 15 is 0 Å². The average Bonchev–Trinajstić information content (AvgIpc) is 2.99. The zero-order valence-corrected chi connectivity index (χ0v) is 10.8. The maximum absolute atomic E-state index is 12.1. The maximum atomic E-state index is 12.1. The lowest BCUT2D eigenvalue weighted by molar-refractivity contribution is -0.123. The molecule has 100 valence electrons. The van der Waals surface area contributed by atoms with Crippen LogP contribution in [0.5, 0.6) is 0 Å². The van der Waals surface area contributed by atoms with Crippen LogP contribution in [-0.2, 0) is 16.6 Å². The van der Waals surface area contributed by atoms with E-state index in [-0.39, 0.29) is 18.1 Å². The van der Waals surface area contributed by atoms with Gasteiger partial charge in [0.1, 0.15) is 6.04 Å². The van der Waals surface area contributed by atoms with Gasteiger partial charge in [-0.1, -0.05) is 0 Å². The fourth-order valence-electron chi connectivity index (χ4n) is 2.16. The molecule has 1 saturated heterocycles. The van der Waals surface area contributed by atoms with Crippen LogP contribution in [0.1, 0.15) is 24.4 Å². The Morgan fingerprint density at radius 3 is 3.11 bits per heavy atom. The van der Waals surface area contributed by atoms with Crippen LogP contribution in [0, 0.1) is 0 Å². The van der Waals surface area contributed by atoms with E-state index in [4.69, 9.17) is 4.74 Å². The number of ether oxygens (including phenoxy) is 1. The highest BCUT2D eigenvalue weighted by Gasteiger charge is 2.22. The number of hydrogen-bond donors (Lipinski definition) is 2. The zero-order valence-electron chi connectivity index (χ0n) is 10.8. The SMILES string of the molecule is CNC(C(=O)NCC1CCCO1)c1cnn(C)c1. The second kappa shape index (κ2) is 5.97. The standard InChI is InChI=1S/C12H20N4O2/c1-13-11(9-6-15-16(2)8-9)12(17)14-7-10-4-3-5-18-10/h6,8,10-11,13H,3-5,7H2,1-2H3,(H,14,17). The molecule has 1 aromatic rings. The molecule has 0 bridgehead atoms. The van der Waals surface area contributed by atoms with Crippen molar-refractivity contribution in [3.05, 3.63) is 18.0 Å². The monoisotopic (exact) mass is 252 g/mol. The smallest absolute Gasteiger partial charge is 0.241 e. The van der Waals surface area contributed by atoms with Crippen molar-refractivity contribution < 1.29 is 9.53 Å². The van der Waals surface area contributed by atoms with Crippen molar-refractivity contribution in [3.8, 4) is 0 Å². The molecule has 2 N–H and O–H groups in total. The summed E-state index contributed by atoms with van der Waals surface area (Å²) in [4.78, 5) is 12.1. The van der Waals surface area contributed by atoms with Crippen molar-refractivity contribution in [2.45, 2.75) is 25.0 Å². The quantitative estimate of drug-likeness (QED) is 0.772. The number of amides is 1. The summed E-state index contributed by atoms with van der Waals surface area (Å²) < 4.78 is 7.16. The van der Waals surface area contributed by atoms with Gasteiger partial charge in [0.2, 0.25) is 5.91 Å². The van der Waals surface area contributed by atoms with Gasteiger partial charge in [-0.25, -0.2) is 0 Å². The van der Waals surface area contributed by atoms with Crippen molar-refractivity contribution in [2.24, 2.45) is 7.05 Å². The summed E-state index contributed by atoms with van der Waals surface area (Å²) in [6.07, 6.45) is 5.82. The lowest BCUT2D eigenvalue weighted by Gasteiger charge is -2.16. The molecular weight excluding hydrogens is 232 g/mol. The number of rotatable bonds is 5. The Labute approximate surface area is 107 Å². The lowest BCUT2D eigenvalue weighted by Crippen LogP contribution is -2.39. The number of nitrogens with zero attached hydrogens (tertiary/aromatic N) is 2. The van der Waals surface area contributed by atoms with E-state index in [0.717, 1.165) is 25.0 Å². The van der Waals surface area contributed by atoms with Crippen LogP contribution in [-0.4, -0.2) is 42.0 Å². The predicted molar refractivity (Wildman–Crippen MR) is 67.0 cm³/mol. The highest BCUT2D eigenvalue weighted by atomic mass is 16.5. The first-order chi connectivity index (χ1) is 8.70. The van der Waals surface area contributed by atoms with Crippen LogP contribution >= 0.6 is 0 Å². The number of carbonyl (C=O) groups is 1. The minimum atomic E-state index is -0.361. The van der Waals surface area contributed by atoms with Gasteiger partial charge < -0.3 is 15.4 Å². The van der Waals surface area contributed by atoms with Crippen LogP contribution in [0.2, 0.25) is 0 Å². The Balaban J connectivity index is 1.89. The Morgan fingerprint density at radius 1 is 1.72 bits per heavy atom. The van der Waals surface area contributed by atoms with Gasteiger partial charge in [0.05, 0.1) is 12.3 Å². The van der Waals surface area contributed by atoms with E-state index in [2.05, 4.69) is 15.7 Å². The number of hydrogen-bond acceptors (Lipinski definition) is 4. The molecule has 18 heavy (non-hydrogen) atoms. The van der Waals surface area contributed by atoms with Crippen LogP contribution in [0.15, 0.2) is 12.4 Å². The van der Waals surface area contributed by atoms with E-state index in [0.29, 0.717) is 6.54 Å². The largest absolute Gasteiger partial charge is 0.376 e. The maximum Gasteiger partial charge on any atom is 0.241 e. The molecule has 0 spiro atoms. The Kier molecular flexibility index (Phi) is 4.33. The second-order valence-corrected chi connectivity index (χ2v) is 4.55. The molecule has 0 saturated carbocycles. The highest BCUT2D eigenvalue weighted by Crippen LogP contribution is 2.13. The summed E-state index contributed by atoms with van der Waals surface area (Å²) >= 11 is 0. The van der Waals surface area contributed by atoms with E-state index < -0.39 is 0 Å². The number of aryl methyl sites for hydroxylation is 1. The number of carbonyl (C=O) groups excluding carboxylic acids is 1. The van der Waals surface area contributed by atoms with Gasteiger partial charge in [0.25, 0.3) is 0 Å². The molecule has 2 atom stereocenters. The third-order valence-corrected chi connectivity index (χ3v) is 3.14. The van der Waals surface area contributed by atoms with Gasteiger partial charge in [0.15, 0.2) is 0 Å². The minimum absolute atomic E-state index is 0.0407. The van der Waals surface area contributed by atoms with Gasteiger partial charge in [-0.15, -0.1) is 0 Å². The Bertz CT molecular complexity index is 399. The second-order valence-electron chi connectivity index (χ2n) is 4.55. The van der Waals surface area contributed by atoms with Crippen LogP contribution in [0.3, 0.4) is 0 Å². The topological polar surface area (TPSA) is 68.2 Å². The molecule has 6 heteroatoms. The zero-order chi connectivity index (χ0) is 13.0. The molecule has 2 heterocycles. The number of likely N-dealkylation sites (N-methyl/N-ethyl adjacent to an activating group) is 1. The first-order valence-corrected chi connectivity index (χ1v) is 6.26. The van der Waals surface area contributed by atoms with Gasteiger partial charge >= 0.3 is 0 Å². The van der Waals surface area contributed by atoms with E-state index in [1.54, 1.807) is 17.9 Å². The molecule has 0 radical (unpaired) electrons. The van der Waals surface area contributed by atoms with E-state index in [9.17, 15) is 4.79 Å². The summed E-state index contributed by atoms with van der Waals surface area (Å²) in [5, 5.41) is 10.00. The summed E-state index contributed by atoms with van der Waals surface area (Å²) in [6, 6.07) is -0.361. The molecule has 1 fully saturated rings. The van der Waals surface area contributed by atoms with Crippen molar-refractivity contribution in [2.75, 3.05) is 20.2 Å². The van der Waals surface area contributed by atoms with Crippen LogP contribution in [0.25, 0.3) is 0 Å². The highest BCUT2D eigenvalue weighted by molar-refractivity contribution is 5.83. The van der Waals surface area contributed by atoms with Crippen molar-refractivity contribution in [1.29, 1.82) is 0 Å². The third-order valence-electron chi connectivity index (χ3n) is 3.14. The minimum Gasteiger partial charge on any atom is -0.376 e. The van der Waals surface area contributed by atoms with Crippen LogP contribution < -0.4 is 10.6 Å². The Hall–Kier alpha value is -1.40. The first kappa shape index (κ1) is 13.0. The molecular formula is C12H20N4O2. The molecule has 1 aromatic heterocycles. The predicted octanol–water partition coefficient (Wildman–Crippen LogP) is -0.0242. The molecule has 2 unspecified atom stereocenters. The molecule has 1 aliphatic rings. The molecule has 1 amide bonds. The molecule has 0 aliphatic carbocycles. The van der Waals surface area contributed by atoms with Crippen molar-refractivity contribution in [3.63, 3.8) is 0 Å². The van der Waals surface area contributed by atoms with Crippen molar-refractivity contribution >= 4 is 5.91 Å². The fraction of sp³-hybridized carbons (Fsp3) is 0.667. The molecule has 2 rings (SSSR count). The Morgan fingerprint density at radius 2 is 2.56 bits per heavy atom. The average molecular weight is 252 g/mol. The van der Waals surface area contributed by atoms with Gasteiger partial charge in [-0.05, 0) is 19.9 Å². The third kappa shape index (κ3) is 3.08. The van der Waals surface area contributed by atoms with Gasteiger partial charge in [-0.2, -0.15) is 5.10 Å². The van der Waals surface area contributed by atoms with Crippen molar-refractivity contribution in [1.82, 2.24) is 20.4 Å². The van der Waals surface area contributed by atoms with E-state index in [1.165, 1.54) is 0 Å². The first-order valence-electron chi connectivity index (χ1n) is 6.26. The molecule has 1 aliphatic heterocycles.